The second kappa shape index (κ2) is 5.27. The van der Waals surface area contributed by atoms with Gasteiger partial charge in [-0.15, -0.1) is 0 Å². The van der Waals surface area contributed by atoms with Crippen LogP contribution in [0, 0.1) is 0 Å². The van der Waals surface area contributed by atoms with Gasteiger partial charge in [0, 0.05) is 22.3 Å². The van der Waals surface area contributed by atoms with Gasteiger partial charge in [0.25, 0.3) is 0 Å². The zero-order valence-corrected chi connectivity index (χ0v) is 12.8. The second-order valence-corrected chi connectivity index (χ2v) is 5.64. The van der Waals surface area contributed by atoms with E-state index in [-0.39, 0.29) is 0 Å². The Hall–Kier alpha value is -1.46. The van der Waals surface area contributed by atoms with Gasteiger partial charge in [0.15, 0.2) is 0 Å². The first-order valence-corrected chi connectivity index (χ1v) is 7.15. The van der Waals surface area contributed by atoms with E-state index >= 15 is 0 Å². The topological polar surface area (TPSA) is 35.0 Å². The maximum Gasteiger partial charge on any atom is 0.233 e. The number of halogens is 2. The number of fused-ring (bicyclic) bond motifs is 1. The van der Waals surface area contributed by atoms with Gasteiger partial charge in [0.1, 0.15) is 5.75 Å². The van der Waals surface area contributed by atoms with Gasteiger partial charge < -0.3 is 4.74 Å². The normalized spacial score (nSPS) is 10.6. The molecule has 0 fully saturated rings. The summed E-state index contributed by atoms with van der Waals surface area (Å²) in [5, 5.41) is 0.960. The Morgan fingerprint density at radius 2 is 1.89 bits per heavy atom. The van der Waals surface area contributed by atoms with Crippen molar-refractivity contribution < 1.29 is 4.74 Å². The van der Waals surface area contributed by atoms with Crippen LogP contribution in [-0.4, -0.2) is 9.97 Å². The molecule has 3 nitrogen and oxygen atoms in total. The lowest BCUT2D eigenvalue weighted by molar-refractivity contribution is 0.464. The number of hydrogen-bond donors (Lipinski definition) is 0. The summed E-state index contributed by atoms with van der Waals surface area (Å²) in [6.07, 6.45) is 3.46. The predicted molar refractivity (Wildman–Crippen MR) is 81.5 cm³/mol. The first kappa shape index (κ1) is 12.6. The minimum atomic E-state index is 0.527. The molecule has 0 bridgehead atoms. The molecule has 0 aliphatic heterocycles. The van der Waals surface area contributed by atoms with Crippen molar-refractivity contribution >= 4 is 42.8 Å². The van der Waals surface area contributed by atoms with E-state index in [1.165, 1.54) is 0 Å². The lowest BCUT2D eigenvalue weighted by Gasteiger charge is -2.09. The van der Waals surface area contributed by atoms with Gasteiger partial charge in [0.2, 0.25) is 5.88 Å². The van der Waals surface area contributed by atoms with Crippen molar-refractivity contribution in [3.05, 3.63) is 57.7 Å². The highest BCUT2D eigenvalue weighted by molar-refractivity contribution is 9.11. The average Bonchev–Trinajstić information content (AvgIpc) is 2.42. The number of nitrogens with zero attached hydrogens (tertiary/aromatic N) is 2. The summed E-state index contributed by atoms with van der Waals surface area (Å²) in [5.74, 6) is 1.26. The molecule has 19 heavy (non-hydrogen) atoms. The minimum absolute atomic E-state index is 0.527. The first-order chi connectivity index (χ1) is 9.24. The summed E-state index contributed by atoms with van der Waals surface area (Å²) in [6.45, 7) is 0. The van der Waals surface area contributed by atoms with Crippen molar-refractivity contribution in [1.82, 2.24) is 9.97 Å². The molecule has 0 atom stereocenters. The van der Waals surface area contributed by atoms with Crippen LogP contribution >= 0.6 is 31.9 Å². The third-order valence-electron chi connectivity index (χ3n) is 2.59. The Balaban J connectivity index is 2.06. The standard InChI is InChI=1S/C14H8Br2N2O/c15-9-7-11(16)14(18-8-9)19-13-5-1-4-12-10(13)3-2-6-17-12/h1-8H. The largest absolute Gasteiger partial charge is 0.437 e. The van der Waals surface area contributed by atoms with E-state index in [2.05, 4.69) is 41.8 Å². The number of hydrogen-bond acceptors (Lipinski definition) is 3. The Kier molecular flexibility index (Phi) is 3.48. The predicted octanol–water partition coefficient (Wildman–Crippen LogP) is 4.95. The van der Waals surface area contributed by atoms with E-state index in [0.717, 1.165) is 25.6 Å². The summed E-state index contributed by atoms with van der Waals surface area (Å²) < 4.78 is 7.55. The van der Waals surface area contributed by atoms with Crippen LogP contribution in [0.3, 0.4) is 0 Å². The van der Waals surface area contributed by atoms with Crippen molar-refractivity contribution in [2.45, 2.75) is 0 Å². The number of aromatic nitrogens is 2. The van der Waals surface area contributed by atoms with Crippen LogP contribution in [0.15, 0.2) is 57.7 Å². The maximum atomic E-state index is 5.86. The Morgan fingerprint density at radius 1 is 1.00 bits per heavy atom. The quantitative estimate of drug-likeness (QED) is 0.632. The molecular formula is C14H8Br2N2O. The van der Waals surface area contributed by atoms with Crippen molar-refractivity contribution in [1.29, 1.82) is 0 Å². The molecule has 0 unspecified atom stereocenters. The molecule has 0 radical (unpaired) electrons. The number of pyridine rings is 2. The fraction of sp³-hybridized carbons (Fsp3) is 0. The van der Waals surface area contributed by atoms with Gasteiger partial charge in [0.05, 0.1) is 9.99 Å². The van der Waals surface area contributed by atoms with Crippen LogP contribution in [-0.2, 0) is 0 Å². The SMILES string of the molecule is Brc1cnc(Oc2cccc3ncccc23)c(Br)c1. The van der Waals surface area contributed by atoms with Gasteiger partial charge in [-0.25, -0.2) is 4.98 Å². The molecule has 94 valence electrons. The van der Waals surface area contributed by atoms with Gasteiger partial charge >= 0.3 is 0 Å². The lowest BCUT2D eigenvalue weighted by atomic mass is 10.2. The third-order valence-corrected chi connectivity index (χ3v) is 3.59. The molecule has 3 rings (SSSR count). The third kappa shape index (κ3) is 2.62. The summed E-state index contributed by atoms with van der Waals surface area (Å²) >= 11 is 6.80. The average molecular weight is 380 g/mol. The summed E-state index contributed by atoms with van der Waals surface area (Å²) in [5.41, 5.74) is 0.897. The maximum absolute atomic E-state index is 5.86. The minimum Gasteiger partial charge on any atom is -0.437 e. The molecule has 5 heteroatoms. The van der Waals surface area contributed by atoms with Gasteiger partial charge in [-0.05, 0) is 62.2 Å². The van der Waals surface area contributed by atoms with E-state index in [4.69, 9.17) is 4.74 Å². The van der Waals surface area contributed by atoms with Crippen LogP contribution in [0.25, 0.3) is 10.9 Å². The summed E-state index contributed by atoms with van der Waals surface area (Å²) in [6, 6.07) is 11.5. The summed E-state index contributed by atoms with van der Waals surface area (Å²) in [4.78, 5) is 8.54. The van der Waals surface area contributed by atoms with Crippen LogP contribution in [0.2, 0.25) is 0 Å². The monoisotopic (exact) mass is 378 g/mol. The molecule has 1 aromatic carbocycles. The van der Waals surface area contributed by atoms with Crippen molar-refractivity contribution in [3.63, 3.8) is 0 Å². The fourth-order valence-electron chi connectivity index (χ4n) is 1.75. The molecule has 0 saturated heterocycles. The van der Waals surface area contributed by atoms with Crippen LogP contribution in [0.1, 0.15) is 0 Å². The van der Waals surface area contributed by atoms with Crippen LogP contribution in [0.4, 0.5) is 0 Å². The number of rotatable bonds is 2. The lowest BCUT2D eigenvalue weighted by Crippen LogP contribution is -1.90. The zero-order chi connectivity index (χ0) is 13.2. The van der Waals surface area contributed by atoms with E-state index in [1.54, 1.807) is 12.4 Å². The molecule has 0 N–H and O–H groups in total. The molecule has 2 heterocycles. The van der Waals surface area contributed by atoms with Crippen molar-refractivity contribution in [2.24, 2.45) is 0 Å². The van der Waals surface area contributed by atoms with E-state index in [0.29, 0.717) is 5.88 Å². The molecule has 0 saturated carbocycles. The van der Waals surface area contributed by atoms with Crippen LogP contribution in [0.5, 0.6) is 11.6 Å². The van der Waals surface area contributed by atoms with Crippen LogP contribution < -0.4 is 4.74 Å². The van der Waals surface area contributed by atoms with Crippen molar-refractivity contribution in [3.8, 4) is 11.6 Å². The molecule has 3 aromatic rings. The smallest absolute Gasteiger partial charge is 0.233 e. The Bertz CT molecular complexity index is 741. The van der Waals surface area contributed by atoms with Gasteiger partial charge in [-0.2, -0.15) is 0 Å². The Labute approximate surface area is 126 Å². The molecular weight excluding hydrogens is 372 g/mol. The van der Waals surface area contributed by atoms with Gasteiger partial charge in [-0.1, -0.05) is 6.07 Å². The second-order valence-electron chi connectivity index (χ2n) is 3.87. The molecule has 0 spiro atoms. The molecule has 0 aliphatic rings. The zero-order valence-electron chi connectivity index (χ0n) is 9.68. The van der Waals surface area contributed by atoms with E-state index < -0.39 is 0 Å². The van der Waals surface area contributed by atoms with Gasteiger partial charge in [-0.3, -0.25) is 4.98 Å². The highest BCUT2D eigenvalue weighted by Gasteiger charge is 2.08. The molecule has 0 amide bonds. The fourth-order valence-corrected chi connectivity index (χ4v) is 2.81. The number of ether oxygens (including phenoxy) is 1. The molecule has 0 aliphatic carbocycles. The summed E-state index contributed by atoms with van der Waals surface area (Å²) in [7, 11) is 0. The first-order valence-electron chi connectivity index (χ1n) is 5.57. The highest BCUT2D eigenvalue weighted by Crippen LogP contribution is 2.32. The van der Waals surface area contributed by atoms with Crippen molar-refractivity contribution in [2.75, 3.05) is 0 Å². The highest BCUT2D eigenvalue weighted by atomic mass is 79.9. The Morgan fingerprint density at radius 3 is 2.74 bits per heavy atom. The number of benzene rings is 1. The van der Waals surface area contributed by atoms with E-state index in [9.17, 15) is 0 Å². The van der Waals surface area contributed by atoms with E-state index in [1.807, 2.05) is 36.4 Å². The molecule has 2 aromatic heterocycles.